The summed E-state index contributed by atoms with van der Waals surface area (Å²) in [6.07, 6.45) is 0. The molecule has 1 aliphatic heterocycles. The van der Waals surface area contributed by atoms with Gasteiger partial charge in [0.25, 0.3) is 5.91 Å². The Kier molecular flexibility index (Phi) is 3.28. The van der Waals surface area contributed by atoms with Gasteiger partial charge in [-0.3, -0.25) is 14.9 Å². The number of imide groups is 1. The van der Waals surface area contributed by atoms with Crippen molar-refractivity contribution in [3.63, 3.8) is 0 Å². The minimum atomic E-state index is -0.893. The number of nitrogens with zero attached hydrogens (tertiary/aromatic N) is 1. The predicted molar refractivity (Wildman–Crippen MR) is 68.9 cm³/mol. The molecule has 0 radical (unpaired) electrons. The average Bonchev–Trinajstić information content (AvgIpc) is 2.34. The van der Waals surface area contributed by atoms with E-state index in [9.17, 15) is 14.0 Å². The van der Waals surface area contributed by atoms with E-state index in [-0.39, 0.29) is 24.9 Å². The van der Waals surface area contributed by atoms with Crippen LogP contribution < -0.4 is 16.0 Å². The Labute approximate surface area is 110 Å². The van der Waals surface area contributed by atoms with Crippen LogP contribution in [-0.2, 0) is 16.1 Å². The number of benzene rings is 1. The Morgan fingerprint density at radius 1 is 1.42 bits per heavy atom. The lowest BCUT2D eigenvalue weighted by Crippen LogP contribution is -2.64. The normalized spacial score (nSPS) is 18.4. The van der Waals surface area contributed by atoms with Gasteiger partial charge >= 0.3 is 0 Å². The number of halogens is 1. The summed E-state index contributed by atoms with van der Waals surface area (Å²) in [5, 5.41) is 2.29. The molecule has 0 bridgehead atoms. The fourth-order valence-electron chi connectivity index (χ4n) is 2.15. The van der Waals surface area contributed by atoms with Gasteiger partial charge in [0.05, 0.1) is 6.54 Å². The number of hydrogen-bond acceptors (Lipinski definition) is 4. The minimum absolute atomic E-state index is 0.0391. The summed E-state index contributed by atoms with van der Waals surface area (Å²) < 4.78 is 13.2. The summed E-state index contributed by atoms with van der Waals surface area (Å²) in [6, 6.07) is 4.16. The van der Waals surface area contributed by atoms with E-state index < -0.39 is 11.4 Å². The fourth-order valence-corrected chi connectivity index (χ4v) is 2.15. The number of carbonyl (C=O) groups is 2. The van der Waals surface area contributed by atoms with Crippen molar-refractivity contribution in [2.75, 3.05) is 11.4 Å². The van der Waals surface area contributed by atoms with Gasteiger partial charge in [-0.15, -0.1) is 0 Å². The zero-order chi connectivity index (χ0) is 14.2. The first-order valence-corrected chi connectivity index (χ1v) is 5.96. The van der Waals surface area contributed by atoms with E-state index in [2.05, 4.69) is 5.32 Å². The van der Waals surface area contributed by atoms with Crippen LogP contribution in [0.25, 0.3) is 0 Å². The molecule has 0 unspecified atom stereocenters. The van der Waals surface area contributed by atoms with Gasteiger partial charge in [0.2, 0.25) is 5.91 Å². The zero-order valence-corrected chi connectivity index (χ0v) is 10.9. The van der Waals surface area contributed by atoms with Crippen molar-refractivity contribution in [2.45, 2.75) is 25.9 Å². The predicted octanol–water partition coefficient (Wildman–Crippen LogP) is 0.526. The number of piperazine rings is 1. The van der Waals surface area contributed by atoms with Crippen LogP contribution in [0.15, 0.2) is 18.2 Å². The summed E-state index contributed by atoms with van der Waals surface area (Å²) in [7, 11) is 0. The van der Waals surface area contributed by atoms with Gasteiger partial charge in [-0.25, -0.2) is 4.39 Å². The van der Waals surface area contributed by atoms with Gasteiger partial charge in [-0.2, -0.15) is 0 Å². The summed E-state index contributed by atoms with van der Waals surface area (Å²) in [6.45, 7) is 3.59. The standard InChI is InChI=1S/C13H16FN3O2/c1-13(2)12(19)16-11(18)7-17(13)10-4-3-9(14)5-8(10)6-15/h3-5H,6-7,15H2,1-2H3,(H,16,18,19). The number of amides is 2. The first-order valence-electron chi connectivity index (χ1n) is 5.96. The number of anilines is 1. The van der Waals surface area contributed by atoms with Crippen molar-refractivity contribution in [1.29, 1.82) is 0 Å². The molecule has 3 N–H and O–H groups in total. The lowest BCUT2D eigenvalue weighted by molar-refractivity contribution is -0.135. The van der Waals surface area contributed by atoms with Crippen LogP contribution in [0.2, 0.25) is 0 Å². The molecule has 0 saturated carbocycles. The van der Waals surface area contributed by atoms with Crippen LogP contribution in [0.4, 0.5) is 10.1 Å². The molecule has 0 atom stereocenters. The second-order valence-corrected chi connectivity index (χ2v) is 5.00. The molecule has 6 heteroatoms. The highest BCUT2D eigenvalue weighted by atomic mass is 19.1. The molecule has 1 aromatic rings. The Bertz CT molecular complexity index is 543. The Balaban J connectivity index is 2.49. The highest BCUT2D eigenvalue weighted by Crippen LogP contribution is 2.29. The lowest BCUT2D eigenvalue weighted by atomic mass is 9.96. The van der Waals surface area contributed by atoms with Gasteiger partial charge in [-0.1, -0.05) is 0 Å². The lowest BCUT2D eigenvalue weighted by Gasteiger charge is -2.42. The van der Waals surface area contributed by atoms with Crippen LogP contribution in [0, 0.1) is 5.82 Å². The van der Waals surface area contributed by atoms with Crippen molar-refractivity contribution in [1.82, 2.24) is 5.32 Å². The van der Waals surface area contributed by atoms with Crippen LogP contribution >= 0.6 is 0 Å². The van der Waals surface area contributed by atoms with Crippen molar-refractivity contribution < 1.29 is 14.0 Å². The maximum absolute atomic E-state index is 13.2. The Morgan fingerprint density at radius 2 is 2.11 bits per heavy atom. The molecule has 0 spiro atoms. The molecular weight excluding hydrogens is 249 g/mol. The summed E-state index contributed by atoms with van der Waals surface area (Å²) >= 11 is 0. The molecule has 1 saturated heterocycles. The van der Waals surface area contributed by atoms with Crippen molar-refractivity contribution in [3.8, 4) is 0 Å². The van der Waals surface area contributed by atoms with Gasteiger partial charge in [0.15, 0.2) is 0 Å². The van der Waals surface area contributed by atoms with Crippen molar-refractivity contribution in [2.24, 2.45) is 5.73 Å². The third kappa shape index (κ3) is 2.31. The number of rotatable bonds is 2. The maximum Gasteiger partial charge on any atom is 0.251 e. The number of carbonyl (C=O) groups excluding carboxylic acids is 2. The molecule has 2 amide bonds. The van der Waals surface area contributed by atoms with Gasteiger partial charge in [0, 0.05) is 12.2 Å². The first kappa shape index (κ1) is 13.5. The maximum atomic E-state index is 13.2. The molecule has 19 heavy (non-hydrogen) atoms. The first-order chi connectivity index (χ1) is 8.86. The monoisotopic (exact) mass is 265 g/mol. The highest BCUT2D eigenvalue weighted by Gasteiger charge is 2.41. The van der Waals surface area contributed by atoms with Crippen LogP contribution in [0.3, 0.4) is 0 Å². The van der Waals surface area contributed by atoms with E-state index in [1.54, 1.807) is 24.8 Å². The number of nitrogens with one attached hydrogen (secondary N) is 1. The number of nitrogens with two attached hydrogens (primary N) is 1. The second kappa shape index (κ2) is 4.62. The molecule has 1 fully saturated rings. The van der Waals surface area contributed by atoms with E-state index in [4.69, 9.17) is 5.73 Å². The minimum Gasteiger partial charge on any atom is -0.348 e. The van der Waals surface area contributed by atoms with Gasteiger partial charge in [-0.05, 0) is 37.6 Å². The molecule has 0 aromatic heterocycles. The van der Waals surface area contributed by atoms with E-state index in [0.717, 1.165) is 0 Å². The third-order valence-electron chi connectivity index (χ3n) is 3.34. The molecule has 1 heterocycles. The Hall–Kier alpha value is -1.95. The molecule has 2 rings (SSSR count). The fraction of sp³-hybridized carbons (Fsp3) is 0.385. The zero-order valence-electron chi connectivity index (χ0n) is 10.9. The molecule has 1 aliphatic rings. The quantitative estimate of drug-likeness (QED) is 0.765. The molecule has 102 valence electrons. The van der Waals surface area contributed by atoms with Crippen molar-refractivity contribution in [3.05, 3.63) is 29.6 Å². The largest absolute Gasteiger partial charge is 0.348 e. The summed E-state index contributed by atoms with van der Waals surface area (Å²) in [4.78, 5) is 25.1. The second-order valence-electron chi connectivity index (χ2n) is 5.00. The van der Waals surface area contributed by atoms with E-state index >= 15 is 0 Å². The molecule has 1 aromatic carbocycles. The topological polar surface area (TPSA) is 75.4 Å². The SMILES string of the molecule is CC1(C)C(=O)NC(=O)CN1c1ccc(F)cc1CN. The van der Waals surface area contributed by atoms with Crippen LogP contribution in [0.1, 0.15) is 19.4 Å². The number of hydrogen-bond donors (Lipinski definition) is 2. The molecular formula is C13H16FN3O2. The summed E-state index contributed by atoms with van der Waals surface area (Å²) in [5.41, 5.74) is 5.89. The van der Waals surface area contributed by atoms with Gasteiger partial charge < -0.3 is 10.6 Å². The summed E-state index contributed by atoms with van der Waals surface area (Å²) in [5.74, 6) is -1.15. The Morgan fingerprint density at radius 3 is 2.74 bits per heavy atom. The van der Waals surface area contributed by atoms with Crippen LogP contribution in [-0.4, -0.2) is 23.9 Å². The molecule has 5 nitrogen and oxygen atoms in total. The highest BCUT2D eigenvalue weighted by molar-refractivity contribution is 6.06. The van der Waals surface area contributed by atoms with E-state index in [1.807, 2.05) is 0 Å². The van der Waals surface area contributed by atoms with Gasteiger partial charge in [0.1, 0.15) is 11.4 Å². The van der Waals surface area contributed by atoms with E-state index in [1.165, 1.54) is 12.1 Å². The van der Waals surface area contributed by atoms with E-state index in [0.29, 0.717) is 11.3 Å². The third-order valence-corrected chi connectivity index (χ3v) is 3.34. The smallest absolute Gasteiger partial charge is 0.251 e. The van der Waals surface area contributed by atoms with Crippen molar-refractivity contribution >= 4 is 17.5 Å². The van der Waals surface area contributed by atoms with Crippen LogP contribution in [0.5, 0.6) is 0 Å². The molecule has 0 aliphatic carbocycles. The average molecular weight is 265 g/mol.